The molecular formula is C11H16N2O. The van der Waals surface area contributed by atoms with Gasteiger partial charge in [-0.1, -0.05) is 24.8 Å². The number of ether oxygens (including phenoxy) is 1. The lowest BCUT2D eigenvalue weighted by atomic mass is 10.1. The Kier molecular flexibility index (Phi) is 3.68. The van der Waals surface area contributed by atoms with Crippen LogP contribution in [0.5, 0.6) is 0 Å². The Bertz CT molecular complexity index is 321. The van der Waals surface area contributed by atoms with Gasteiger partial charge in [0, 0.05) is 19.7 Å². The Balaban J connectivity index is 3.20. The van der Waals surface area contributed by atoms with E-state index in [1.54, 1.807) is 25.2 Å². The Morgan fingerprint density at radius 2 is 2.29 bits per heavy atom. The van der Waals surface area contributed by atoms with E-state index >= 15 is 0 Å². The van der Waals surface area contributed by atoms with Crippen molar-refractivity contribution < 1.29 is 4.74 Å². The highest BCUT2D eigenvalue weighted by Gasteiger charge is 2.07. The van der Waals surface area contributed by atoms with Crippen LogP contribution in [0.3, 0.4) is 0 Å². The number of anilines is 1. The van der Waals surface area contributed by atoms with Gasteiger partial charge in [-0.3, -0.25) is 0 Å². The zero-order valence-corrected chi connectivity index (χ0v) is 8.66. The fraction of sp³-hybridized carbons (Fsp3) is 0.273. The first kappa shape index (κ1) is 10.8. The van der Waals surface area contributed by atoms with Crippen LogP contribution in [0, 0.1) is 0 Å². The summed E-state index contributed by atoms with van der Waals surface area (Å²) in [6.07, 6.45) is 1.81. The van der Waals surface area contributed by atoms with E-state index in [2.05, 4.69) is 6.58 Å². The monoisotopic (exact) mass is 192 g/mol. The first-order valence-electron chi connectivity index (χ1n) is 4.42. The van der Waals surface area contributed by atoms with Crippen molar-refractivity contribution in [1.82, 2.24) is 0 Å². The van der Waals surface area contributed by atoms with E-state index in [-0.39, 0.29) is 0 Å². The van der Waals surface area contributed by atoms with E-state index in [4.69, 9.17) is 10.6 Å². The molecule has 3 nitrogen and oxygen atoms in total. The van der Waals surface area contributed by atoms with Gasteiger partial charge in [0.1, 0.15) is 0 Å². The first-order chi connectivity index (χ1) is 6.70. The summed E-state index contributed by atoms with van der Waals surface area (Å²) in [5, 5.41) is 1.58. The molecule has 0 aliphatic heterocycles. The van der Waals surface area contributed by atoms with Crippen LogP contribution in [0.25, 0.3) is 6.08 Å². The molecule has 0 aromatic heterocycles. The molecular weight excluding hydrogens is 176 g/mol. The molecule has 0 fully saturated rings. The molecule has 1 rings (SSSR count). The standard InChI is InChI=1S/C11H16N2O/c1-4-9-6-5-7-11(13(2)12)10(9)8-14-3/h4-7H,1,8,12H2,2-3H3. The van der Waals surface area contributed by atoms with E-state index in [1.165, 1.54) is 0 Å². The van der Waals surface area contributed by atoms with Crippen molar-refractivity contribution in [2.45, 2.75) is 6.61 Å². The van der Waals surface area contributed by atoms with Crippen molar-refractivity contribution in [3.05, 3.63) is 35.9 Å². The van der Waals surface area contributed by atoms with Crippen molar-refractivity contribution >= 4 is 11.8 Å². The topological polar surface area (TPSA) is 38.5 Å². The van der Waals surface area contributed by atoms with Crippen LogP contribution in [-0.2, 0) is 11.3 Å². The zero-order chi connectivity index (χ0) is 10.6. The fourth-order valence-corrected chi connectivity index (χ4v) is 1.42. The van der Waals surface area contributed by atoms with E-state index in [9.17, 15) is 0 Å². The van der Waals surface area contributed by atoms with Crippen molar-refractivity contribution in [3.63, 3.8) is 0 Å². The molecule has 1 aromatic rings. The molecule has 0 saturated heterocycles. The lowest BCUT2D eigenvalue weighted by Crippen LogP contribution is -2.26. The Labute approximate surface area is 84.7 Å². The number of hydrogen-bond acceptors (Lipinski definition) is 3. The Morgan fingerprint density at radius 1 is 1.57 bits per heavy atom. The van der Waals surface area contributed by atoms with Gasteiger partial charge in [-0.2, -0.15) is 0 Å². The highest BCUT2D eigenvalue weighted by molar-refractivity contribution is 5.63. The predicted octanol–water partition coefficient (Wildman–Crippen LogP) is 1.79. The lowest BCUT2D eigenvalue weighted by molar-refractivity contribution is 0.185. The van der Waals surface area contributed by atoms with E-state index in [1.807, 2.05) is 18.2 Å². The molecule has 2 N–H and O–H groups in total. The molecule has 0 spiro atoms. The van der Waals surface area contributed by atoms with Crippen LogP contribution < -0.4 is 10.9 Å². The highest BCUT2D eigenvalue weighted by Crippen LogP contribution is 2.23. The fourth-order valence-electron chi connectivity index (χ4n) is 1.42. The first-order valence-corrected chi connectivity index (χ1v) is 4.42. The quantitative estimate of drug-likeness (QED) is 0.584. The second-order valence-electron chi connectivity index (χ2n) is 3.09. The maximum absolute atomic E-state index is 5.71. The van der Waals surface area contributed by atoms with Gasteiger partial charge in [0.25, 0.3) is 0 Å². The molecule has 0 aliphatic carbocycles. The van der Waals surface area contributed by atoms with Gasteiger partial charge < -0.3 is 9.75 Å². The number of benzene rings is 1. The second-order valence-corrected chi connectivity index (χ2v) is 3.09. The average Bonchev–Trinajstić information content (AvgIpc) is 2.18. The maximum atomic E-state index is 5.71. The molecule has 3 heteroatoms. The summed E-state index contributed by atoms with van der Waals surface area (Å²) < 4.78 is 5.13. The third-order valence-electron chi connectivity index (χ3n) is 2.08. The maximum Gasteiger partial charge on any atom is 0.0739 e. The van der Waals surface area contributed by atoms with Gasteiger partial charge in [0.05, 0.1) is 12.3 Å². The summed E-state index contributed by atoms with van der Waals surface area (Å²) in [6.45, 7) is 4.30. The molecule has 0 amide bonds. The molecule has 76 valence electrons. The molecule has 1 aromatic carbocycles. The molecule has 0 radical (unpaired) electrons. The van der Waals surface area contributed by atoms with Gasteiger partial charge in [0.2, 0.25) is 0 Å². The minimum atomic E-state index is 0.541. The van der Waals surface area contributed by atoms with Crippen molar-refractivity contribution in [3.8, 4) is 0 Å². The smallest absolute Gasteiger partial charge is 0.0739 e. The summed E-state index contributed by atoms with van der Waals surface area (Å²) in [7, 11) is 3.47. The normalized spacial score (nSPS) is 9.93. The van der Waals surface area contributed by atoms with E-state index < -0.39 is 0 Å². The largest absolute Gasteiger partial charge is 0.380 e. The minimum absolute atomic E-state index is 0.541. The van der Waals surface area contributed by atoms with Gasteiger partial charge in [-0.15, -0.1) is 0 Å². The summed E-state index contributed by atoms with van der Waals surface area (Å²) in [4.78, 5) is 0. The van der Waals surface area contributed by atoms with Crippen LogP contribution >= 0.6 is 0 Å². The lowest BCUT2D eigenvalue weighted by Gasteiger charge is -2.18. The van der Waals surface area contributed by atoms with Crippen LogP contribution in [0.4, 0.5) is 5.69 Å². The van der Waals surface area contributed by atoms with Crippen LogP contribution in [0.15, 0.2) is 24.8 Å². The summed E-state index contributed by atoms with van der Waals surface area (Å²) in [6, 6.07) is 5.91. The third kappa shape index (κ3) is 2.13. The summed E-state index contributed by atoms with van der Waals surface area (Å²) >= 11 is 0. The van der Waals surface area contributed by atoms with Crippen molar-refractivity contribution in [2.24, 2.45) is 5.84 Å². The van der Waals surface area contributed by atoms with Gasteiger partial charge in [-0.05, 0) is 11.6 Å². The number of nitrogens with zero attached hydrogens (tertiary/aromatic N) is 1. The Hall–Kier alpha value is -1.32. The van der Waals surface area contributed by atoms with Gasteiger partial charge >= 0.3 is 0 Å². The van der Waals surface area contributed by atoms with Crippen molar-refractivity contribution in [2.75, 3.05) is 19.2 Å². The molecule has 0 bridgehead atoms. The van der Waals surface area contributed by atoms with Gasteiger partial charge in [-0.25, -0.2) is 5.84 Å². The summed E-state index contributed by atoms with van der Waals surface area (Å²) in [5.41, 5.74) is 3.08. The molecule has 14 heavy (non-hydrogen) atoms. The zero-order valence-electron chi connectivity index (χ0n) is 8.66. The number of rotatable bonds is 4. The molecule has 0 unspecified atom stereocenters. The molecule has 0 saturated carbocycles. The minimum Gasteiger partial charge on any atom is -0.380 e. The highest BCUT2D eigenvalue weighted by atomic mass is 16.5. The Morgan fingerprint density at radius 3 is 2.79 bits per heavy atom. The van der Waals surface area contributed by atoms with E-state index in [0.29, 0.717) is 6.61 Å². The number of hydrogen-bond donors (Lipinski definition) is 1. The average molecular weight is 192 g/mol. The van der Waals surface area contributed by atoms with E-state index in [0.717, 1.165) is 16.8 Å². The SMILES string of the molecule is C=Cc1cccc(N(C)N)c1COC. The predicted molar refractivity (Wildman–Crippen MR) is 59.8 cm³/mol. The number of nitrogens with two attached hydrogens (primary N) is 1. The molecule has 0 atom stereocenters. The van der Waals surface area contributed by atoms with Gasteiger partial charge in [0.15, 0.2) is 0 Å². The second kappa shape index (κ2) is 4.79. The van der Waals surface area contributed by atoms with Crippen LogP contribution in [0.2, 0.25) is 0 Å². The number of hydrazine groups is 1. The molecule has 0 aliphatic rings. The summed E-state index contributed by atoms with van der Waals surface area (Å²) in [5.74, 6) is 5.71. The molecule has 0 heterocycles. The van der Waals surface area contributed by atoms with Crippen LogP contribution in [0.1, 0.15) is 11.1 Å². The van der Waals surface area contributed by atoms with Crippen LogP contribution in [-0.4, -0.2) is 14.2 Å². The number of methoxy groups -OCH3 is 1. The van der Waals surface area contributed by atoms with Crippen molar-refractivity contribution in [1.29, 1.82) is 0 Å². The third-order valence-corrected chi connectivity index (χ3v) is 2.08.